The number of rotatable bonds is 6. The highest BCUT2D eigenvalue weighted by molar-refractivity contribution is 5.91. The Kier molecular flexibility index (Phi) is 5.39. The number of hydrogen-bond acceptors (Lipinski definition) is 4. The van der Waals surface area contributed by atoms with Crippen LogP contribution >= 0.6 is 0 Å². The molecule has 0 spiro atoms. The van der Waals surface area contributed by atoms with Crippen LogP contribution in [-0.2, 0) is 0 Å². The predicted molar refractivity (Wildman–Crippen MR) is 82.4 cm³/mol. The van der Waals surface area contributed by atoms with Crippen LogP contribution in [0, 0.1) is 5.41 Å². The lowest BCUT2D eigenvalue weighted by Gasteiger charge is -2.33. The lowest BCUT2D eigenvalue weighted by molar-refractivity contribution is 0.0885. The average molecular weight is 293 g/mol. The van der Waals surface area contributed by atoms with Crippen LogP contribution in [-0.4, -0.2) is 30.7 Å². The third-order valence-corrected chi connectivity index (χ3v) is 4.64. The summed E-state index contributed by atoms with van der Waals surface area (Å²) in [7, 11) is 0. The van der Waals surface area contributed by atoms with Crippen molar-refractivity contribution in [2.24, 2.45) is 5.41 Å². The van der Waals surface area contributed by atoms with Gasteiger partial charge in [-0.05, 0) is 44.2 Å². The van der Waals surface area contributed by atoms with E-state index in [9.17, 15) is 4.79 Å². The Morgan fingerprint density at radius 2 is 2.10 bits per heavy atom. The molecule has 0 saturated carbocycles. The third-order valence-electron chi connectivity index (χ3n) is 4.64. The number of nitrogens with zero attached hydrogens (tertiary/aromatic N) is 1. The van der Waals surface area contributed by atoms with E-state index >= 15 is 0 Å². The summed E-state index contributed by atoms with van der Waals surface area (Å²) < 4.78 is 5.21. The van der Waals surface area contributed by atoms with Crippen LogP contribution in [0.5, 0.6) is 0 Å². The zero-order valence-electron chi connectivity index (χ0n) is 13.4. The van der Waals surface area contributed by atoms with Gasteiger partial charge in [0, 0.05) is 18.5 Å². The highest BCUT2D eigenvalue weighted by Gasteiger charge is 2.28. The maximum atomic E-state index is 12.2. The van der Waals surface area contributed by atoms with Crippen molar-refractivity contribution in [3.8, 4) is 0 Å². The zero-order chi connectivity index (χ0) is 15.3. The average Bonchev–Trinajstić information content (AvgIpc) is 2.97. The summed E-state index contributed by atoms with van der Waals surface area (Å²) in [6.07, 6.45) is 4.19. The molecule has 0 unspecified atom stereocenters. The van der Waals surface area contributed by atoms with Crippen molar-refractivity contribution in [2.45, 2.75) is 52.4 Å². The van der Waals surface area contributed by atoms with Crippen LogP contribution < -0.4 is 10.6 Å². The SMILES string of the molecule is CCC(CC)c1cc(C(=O)NCC2(C)CCNCC2)on1. The summed E-state index contributed by atoms with van der Waals surface area (Å²) in [6.45, 7) is 9.21. The van der Waals surface area contributed by atoms with Crippen molar-refractivity contribution in [3.05, 3.63) is 17.5 Å². The quantitative estimate of drug-likeness (QED) is 0.846. The third kappa shape index (κ3) is 4.06. The Morgan fingerprint density at radius 1 is 1.43 bits per heavy atom. The topological polar surface area (TPSA) is 67.2 Å². The molecule has 1 aliphatic rings. The van der Waals surface area contributed by atoms with E-state index in [0.717, 1.165) is 44.5 Å². The fourth-order valence-corrected chi connectivity index (χ4v) is 2.88. The number of amides is 1. The summed E-state index contributed by atoms with van der Waals surface area (Å²) in [5.41, 5.74) is 1.07. The molecule has 1 saturated heterocycles. The van der Waals surface area contributed by atoms with Crippen molar-refractivity contribution >= 4 is 5.91 Å². The molecule has 0 bridgehead atoms. The minimum Gasteiger partial charge on any atom is -0.351 e. The Balaban J connectivity index is 1.91. The van der Waals surface area contributed by atoms with E-state index in [4.69, 9.17) is 4.52 Å². The Morgan fingerprint density at radius 3 is 2.71 bits per heavy atom. The first-order valence-corrected chi connectivity index (χ1v) is 8.03. The van der Waals surface area contributed by atoms with Gasteiger partial charge in [0.05, 0.1) is 5.69 Å². The highest BCUT2D eigenvalue weighted by atomic mass is 16.5. The summed E-state index contributed by atoms with van der Waals surface area (Å²) in [5.74, 6) is 0.547. The van der Waals surface area contributed by atoms with Gasteiger partial charge in [0.25, 0.3) is 5.91 Å². The number of hydrogen-bond donors (Lipinski definition) is 2. The lowest BCUT2D eigenvalue weighted by Crippen LogP contribution is -2.42. The summed E-state index contributed by atoms with van der Waals surface area (Å²) in [6, 6.07) is 1.79. The fraction of sp³-hybridized carbons (Fsp3) is 0.750. The van der Waals surface area contributed by atoms with Gasteiger partial charge >= 0.3 is 0 Å². The van der Waals surface area contributed by atoms with Gasteiger partial charge in [0.15, 0.2) is 0 Å². The molecular weight excluding hydrogens is 266 g/mol. The largest absolute Gasteiger partial charge is 0.351 e. The molecular formula is C16H27N3O2. The summed E-state index contributed by atoms with van der Waals surface area (Å²) >= 11 is 0. The van der Waals surface area contributed by atoms with Crippen LogP contribution in [0.15, 0.2) is 10.6 Å². The first kappa shape index (κ1) is 16.0. The normalized spacial score (nSPS) is 17.9. The second-order valence-electron chi connectivity index (χ2n) is 6.37. The van der Waals surface area contributed by atoms with Gasteiger partial charge < -0.3 is 15.2 Å². The Hall–Kier alpha value is -1.36. The number of piperidine rings is 1. The molecule has 0 radical (unpaired) electrons. The van der Waals surface area contributed by atoms with Crippen molar-refractivity contribution in [3.63, 3.8) is 0 Å². The van der Waals surface area contributed by atoms with Crippen molar-refractivity contribution < 1.29 is 9.32 Å². The standard InChI is InChI=1S/C16H27N3O2/c1-4-12(5-2)13-10-14(21-19-13)15(20)18-11-16(3)6-8-17-9-7-16/h10,12,17H,4-9,11H2,1-3H3,(H,18,20). The molecule has 2 heterocycles. The van der Waals surface area contributed by atoms with Gasteiger partial charge in [-0.3, -0.25) is 4.79 Å². The maximum Gasteiger partial charge on any atom is 0.289 e. The molecule has 2 N–H and O–H groups in total. The number of carbonyl (C=O) groups excluding carboxylic acids is 1. The van der Waals surface area contributed by atoms with E-state index in [1.54, 1.807) is 6.07 Å². The van der Waals surface area contributed by atoms with Gasteiger partial charge in [-0.25, -0.2) is 0 Å². The van der Waals surface area contributed by atoms with Crippen molar-refractivity contribution in [1.29, 1.82) is 0 Å². The molecule has 0 atom stereocenters. The molecule has 0 aromatic carbocycles. The van der Waals surface area contributed by atoms with Gasteiger partial charge in [-0.1, -0.05) is 25.9 Å². The minimum absolute atomic E-state index is 0.153. The van der Waals surface area contributed by atoms with E-state index in [-0.39, 0.29) is 11.3 Å². The lowest BCUT2D eigenvalue weighted by atomic mass is 9.81. The Bertz CT molecular complexity index is 460. The van der Waals surface area contributed by atoms with Crippen LogP contribution in [0.2, 0.25) is 0 Å². The van der Waals surface area contributed by atoms with Crippen LogP contribution in [0.3, 0.4) is 0 Å². The van der Waals surface area contributed by atoms with Gasteiger partial charge in [-0.15, -0.1) is 0 Å². The monoisotopic (exact) mass is 293 g/mol. The van der Waals surface area contributed by atoms with E-state index < -0.39 is 0 Å². The first-order valence-electron chi connectivity index (χ1n) is 8.03. The van der Waals surface area contributed by atoms with Crippen LogP contribution in [0.25, 0.3) is 0 Å². The molecule has 118 valence electrons. The number of carbonyl (C=O) groups is 1. The van der Waals surface area contributed by atoms with E-state index in [0.29, 0.717) is 18.2 Å². The molecule has 0 aliphatic carbocycles. The van der Waals surface area contributed by atoms with Gasteiger partial charge in [-0.2, -0.15) is 0 Å². The van der Waals surface area contributed by atoms with E-state index in [1.807, 2.05) is 0 Å². The van der Waals surface area contributed by atoms with Gasteiger partial charge in [0.2, 0.25) is 5.76 Å². The predicted octanol–water partition coefficient (Wildman–Crippen LogP) is 2.70. The summed E-state index contributed by atoms with van der Waals surface area (Å²) in [4.78, 5) is 12.2. The minimum atomic E-state index is -0.153. The van der Waals surface area contributed by atoms with Gasteiger partial charge in [0.1, 0.15) is 0 Å². The molecule has 1 aromatic rings. The second kappa shape index (κ2) is 7.07. The van der Waals surface area contributed by atoms with E-state index in [2.05, 4.69) is 36.6 Å². The highest BCUT2D eigenvalue weighted by Crippen LogP contribution is 2.27. The molecule has 1 aromatic heterocycles. The number of aromatic nitrogens is 1. The molecule has 5 nitrogen and oxygen atoms in total. The smallest absolute Gasteiger partial charge is 0.289 e. The zero-order valence-corrected chi connectivity index (χ0v) is 13.4. The molecule has 1 amide bonds. The summed E-state index contributed by atoms with van der Waals surface area (Å²) in [5, 5.41) is 10.4. The molecule has 2 rings (SSSR count). The van der Waals surface area contributed by atoms with Crippen molar-refractivity contribution in [2.75, 3.05) is 19.6 Å². The molecule has 5 heteroatoms. The number of nitrogens with one attached hydrogen (secondary N) is 2. The molecule has 1 fully saturated rings. The first-order chi connectivity index (χ1) is 10.1. The molecule has 21 heavy (non-hydrogen) atoms. The van der Waals surface area contributed by atoms with Crippen LogP contribution in [0.4, 0.5) is 0 Å². The second-order valence-corrected chi connectivity index (χ2v) is 6.37. The molecule has 1 aliphatic heterocycles. The Labute approximate surface area is 126 Å². The van der Waals surface area contributed by atoms with Crippen LogP contribution in [0.1, 0.15) is 68.6 Å². The van der Waals surface area contributed by atoms with Crippen molar-refractivity contribution in [1.82, 2.24) is 15.8 Å². The van der Waals surface area contributed by atoms with E-state index in [1.165, 1.54) is 0 Å². The maximum absolute atomic E-state index is 12.2. The fourth-order valence-electron chi connectivity index (χ4n) is 2.88.